The molecule has 0 saturated carbocycles. The zero-order chi connectivity index (χ0) is 17.5. The first kappa shape index (κ1) is 18.4. The summed E-state index contributed by atoms with van der Waals surface area (Å²) in [5.74, 6) is 1.59. The molecular formula is C18H30N6. The van der Waals surface area contributed by atoms with Crippen LogP contribution in [-0.4, -0.2) is 60.9 Å². The summed E-state index contributed by atoms with van der Waals surface area (Å²) in [4.78, 5) is 8.99. The highest BCUT2D eigenvalue weighted by Gasteiger charge is 2.12. The summed E-state index contributed by atoms with van der Waals surface area (Å²) in [7, 11) is 6.19. The van der Waals surface area contributed by atoms with Crippen LogP contribution in [0.4, 0.5) is 5.82 Å². The van der Waals surface area contributed by atoms with Gasteiger partial charge in [-0.2, -0.15) is 5.10 Å². The molecule has 0 atom stereocenters. The van der Waals surface area contributed by atoms with E-state index in [0.717, 1.165) is 43.3 Å². The Hall–Kier alpha value is -1.92. The average Bonchev–Trinajstić information content (AvgIpc) is 3.00. The van der Waals surface area contributed by atoms with Gasteiger partial charge in [-0.3, -0.25) is 5.10 Å². The summed E-state index contributed by atoms with van der Waals surface area (Å²) in [5.41, 5.74) is 3.41. The number of anilines is 1. The van der Waals surface area contributed by atoms with E-state index in [9.17, 15) is 0 Å². The lowest BCUT2D eigenvalue weighted by atomic mass is 10.1. The van der Waals surface area contributed by atoms with E-state index in [4.69, 9.17) is 0 Å². The van der Waals surface area contributed by atoms with Gasteiger partial charge in [0.25, 0.3) is 0 Å². The number of rotatable bonds is 9. The lowest BCUT2D eigenvalue weighted by Crippen LogP contribution is -2.27. The van der Waals surface area contributed by atoms with Crippen molar-refractivity contribution >= 4 is 5.82 Å². The second kappa shape index (κ2) is 8.80. The van der Waals surface area contributed by atoms with Crippen molar-refractivity contribution in [3.8, 4) is 11.3 Å². The third-order valence-electron chi connectivity index (χ3n) is 3.97. The van der Waals surface area contributed by atoms with Crippen LogP contribution in [0.2, 0.25) is 0 Å². The number of nitrogens with one attached hydrogen (secondary N) is 2. The van der Waals surface area contributed by atoms with Crippen molar-refractivity contribution in [2.24, 2.45) is 5.92 Å². The Balaban J connectivity index is 2.16. The Labute approximate surface area is 145 Å². The minimum absolute atomic E-state index is 0.601. The Morgan fingerprint density at radius 3 is 2.79 bits per heavy atom. The first-order valence-electron chi connectivity index (χ1n) is 8.54. The van der Waals surface area contributed by atoms with Crippen LogP contribution in [0.1, 0.15) is 19.4 Å². The molecule has 132 valence electrons. The molecule has 2 N–H and O–H groups in total. The minimum Gasteiger partial charge on any atom is -0.359 e. The van der Waals surface area contributed by atoms with Gasteiger partial charge in [0.1, 0.15) is 5.82 Å². The van der Waals surface area contributed by atoms with E-state index in [1.807, 2.05) is 25.5 Å². The number of hydrogen-bond donors (Lipinski definition) is 2. The molecule has 2 aromatic rings. The van der Waals surface area contributed by atoms with Crippen molar-refractivity contribution in [3.63, 3.8) is 0 Å². The molecule has 0 aliphatic rings. The van der Waals surface area contributed by atoms with Gasteiger partial charge in [0.15, 0.2) is 0 Å². The molecular weight excluding hydrogens is 300 g/mol. The smallest absolute Gasteiger partial charge is 0.128 e. The quantitative estimate of drug-likeness (QED) is 0.738. The molecule has 0 fully saturated rings. The first-order valence-corrected chi connectivity index (χ1v) is 8.54. The van der Waals surface area contributed by atoms with Gasteiger partial charge in [0, 0.05) is 50.6 Å². The molecule has 0 unspecified atom stereocenters. The normalized spacial score (nSPS) is 11.5. The van der Waals surface area contributed by atoms with Gasteiger partial charge in [-0.25, -0.2) is 4.98 Å². The SMILES string of the molecule is CNCCN(C)Cc1cn[nH]c1-c1ccnc(N(C)CC(C)C)c1. The second-order valence-corrected chi connectivity index (χ2v) is 6.79. The van der Waals surface area contributed by atoms with Gasteiger partial charge in [-0.05, 0) is 32.1 Å². The van der Waals surface area contributed by atoms with Gasteiger partial charge in [-0.1, -0.05) is 13.8 Å². The Morgan fingerprint density at radius 2 is 2.08 bits per heavy atom. The lowest BCUT2D eigenvalue weighted by molar-refractivity contribution is 0.328. The minimum atomic E-state index is 0.601. The Bertz CT molecular complexity index is 621. The zero-order valence-electron chi connectivity index (χ0n) is 15.5. The third kappa shape index (κ3) is 5.04. The fraction of sp³-hybridized carbons (Fsp3) is 0.556. The lowest BCUT2D eigenvalue weighted by Gasteiger charge is -2.21. The fourth-order valence-electron chi connectivity index (χ4n) is 2.78. The number of aromatic nitrogens is 3. The van der Waals surface area contributed by atoms with E-state index >= 15 is 0 Å². The van der Waals surface area contributed by atoms with Crippen LogP contribution in [0.15, 0.2) is 24.5 Å². The standard InChI is InChI=1S/C18H30N6/c1-14(2)12-24(5)17-10-15(6-7-20-17)18-16(11-21-22-18)13-23(4)9-8-19-3/h6-7,10-11,14,19H,8-9,12-13H2,1-5H3,(H,21,22). The summed E-state index contributed by atoms with van der Waals surface area (Å²) in [6.07, 6.45) is 3.79. The molecule has 0 amide bonds. The average molecular weight is 330 g/mol. The van der Waals surface area contributed by atoms with Gasteiger partial charge in [0.2, 0.25) is 0 Å². The summed E-state index contributed by atoms with van der Waals surface area (Å²) in [6.45, 7) is 8.26. The second-order valence-electron chi connectivity index (χ2n) is 6.79. The maximum atomic E-state index is 4.51. The van der Waals surface area contributed by atoms with Crippen molar-refractivity contribution in [2.75, 3.05) is 45.7 Å². The number of likely N-dealkylation sites (N-methyl/N-ethyl adjacent to an activating group) is 2. The number of pyridine rings is 1. The highest BCUT2D eigenvalue weighted by molar-refractivity contribution is 5.65. The summed E-state index contributed by atoms with van der Waals surface area (Å²) in [6, 6.07) is 4.17. The van der Waals surface area contributed by atoms with E-state index in [-0.39, 0.29) is 0 Å². The van der Waals surface area contributed by atoms with Crippen LogP contribution in [0.5, 0.6) is 0 Å². The number of hydrogen-bond acceptors (Lipinski definition) is 5. The van der Waals surface area contributed by atoms with Gasteiger partial charge >= 0.3 is 0 Å². The van der Waals surface area contributed by atoms with Crippen molar-refractivity contribution in [1.82, 2.24) is 25.4 Å². The molecule has 0 saturated heterocycles. The van der Waals surface area contributed by atoms with Crippen molar-refractivity contribution < 1.29 is 0 Å². The Morgan fingerprint density at radius 1 is 1.29 bits per heavy atom. The van der Waals surface area contributed by atoms with Crippen molar-refractivity contribution in [1.29, 1.82) is 0 Å². The van der Waals surface area contributed by atoms with E-state index in [2.05, 4.69) is 64.3 Å². The summed E-state index contributed by atoms with van der Waals surface area (Å²) >= 11 is 0. The molecule has 0 radical (unpaired) electrons. The molecule has 0 spiro atoms. The predicted octanol–water partition coefficient (Wildman–Crippen LogP) is 2.22. The molecule has 2 heterocycles. The maximum Gasteiger partial charge on any atom is 0.128 e. The predicted molar refractivity (Wildman–Crippen MR) is 100 cm³/mol. The molecule has 6 nitrogen and oxygen atoms in total. The first-order chi connectivity index (χ1) is 11.5. The molecule has 2 rings (SSSR count). The maximum absolute atomic E-state index is 4.51. The highest BCUT2D eigenvalue weighted by Crippen LogP contribution is 2.25. The molecule has 0 aliphatic carbocycles. The van der Waals surface area contributed by atoms with Gasteiger partial charge < -0.3 is 15.1 Å². The van der Waals surface area contributed by atoms with Crippen molar-refractivity contribution in [2.45, 2.75) is 20.4 Å². The fourth-order valence-corrected chi connectivity index (χ4v) is 2.78. The monoisotopic (exact) mass is 330 g/mol. The molecule has 0 aromatic carbocycles. The van der Waals surface area contributed by atoms with Gasteiger partial charge in [-0.15, -0.1) is 0 Å². The zero-order valence-corrected chi connectivity index (χ0v) is 15.5. The van der Waals surface area contributed by atoms with Crippen LogP contribution >= 0.6 is 0 Å². The molecule has 0 bridgehead atoms. The number of H-pyrrole nitrogens is 1. The van der Waals surface area contributed by atoms with Crippen LogP contribution < -0.4 is 10.2 Å². The van der Waals surface area contributed by atoms with E-state index in [0.29, 0.717) is 5.92 Å². The number of aromatic amines is 1. The van der Waals surface area contributed by atoms with Crippen LogP contribution in [0.3, 0.4) is 0 Å². The highest BCUT2D eigenvalue weighted by atomic mass is 15.2. The molecule has 0 aliphatic heterocycles. The Kier molecular flexibility index (Phi) is 6.75. The largest absolute Gasteiger partial charge is 0.359 e. The molecule has 24 heavy (non-hydrogen) atoms. The topological polar surface area (TPSA) is 60.1 Å². The number of nitrogens with zero attached hydrogens (tertiary/aromatic N) is 4. The molecule has 6 heteroatoms. The summed E-state index contributed by atoms with van der Waals surface area (Å²) in [5, 5.41) is 10.6. The van der Waals surface area contributed by atoms with E-state index < -0.39 is 0 Å². The van der Waals surface area contributed by atoms with Gasteiger partial charge in [0.05, 0.1) is 11.9 Å². The van der Waals surface area contributed by atoms with E-state index in [1.165, 1.54) is 5.56 Å². The van der Waals surface area contributed by atoms with E-state index in [1.54, 1.807) is 0 Å². The van der Waals surface area contributed by atoms with Crippen molar-refractivity contribution in [3.05, 3.63) is 30.1 Å². The molecule has 2 aromatic heterocycles. The van der Waals surface area contributed by atoms with Crippen LogP contribution in [0.25, 0.3) is 11.3 Å². The van der Waals surface area contributed by atoms with Crippen LogP contribution in [-0.2, 0) is 6.54 Å². The third-order valence-corrected chi connectivity index (χ3v) is 3.97. The summed E-state index contributed by atoms with van der Waals surface area (Å²) < 4.78 is 0. The van der Waals surface area contributed by atoms with Crippen LogP contribution in [0, 0.1) is 5.92 Å².